The Hall–Kier alpha value is -2.68. The molecule has 0 spiro atoms. The summed E-state index contributed by atoms with van der Waals surface area (Å²) in [6.45, 7) is 0. The maximum absolute atomic E-state index is 13.5. The van der Waals surface area contributed by atoms with Gasteiger partial charge in [-0.05, 0) is 30.5 Å². The number of pyridine rings is 1. The number of nitrogens with zero attached hydrogens (tertiary/aromatic N) is 2. The number of thioether (sulfide) groups is 1. The van der Waals surface area contributed by atoms with E-state index in [1.165, 1.54) is 37.2 Å². The number of anilines is 1. The van der Waals surface area contributed by atoms with Crippen LogP contribution in [-0.4, -0.2) is 28.7 Å². The number of imidazole rings is 1. The summed E-state index contributed by atoms with van der Waals surface area (Å²) in [5, 5.41) is 2.54. The Kier molecular flexibility index (Phi) is 4.82. The summed E-state index contributed by atoms with van der Waals surface area (Å²) in [6, 6.07) is 9.83. The van der Waals surface area contributed by atoms with Crippen LogP contribution in [-0.2, 0) is 6.18 Å². The van der Waals surface area contributed by atoms with Gasteiger partial charge in [0.15, 0.2) is 17.1 Å². The zero-order chi connectivity index (χ0) is 18.9. The number of hydrogen-bond acceptors (Lipinski definition) is 4. The third kappa shape index (κ3) is 3.22. The van der Waals surface area contributed by atoms with E-state index in [1.54, 1.807) is 24.3 Å². The molecule has 136 valence electrons. The van der Waals surface area contributed by atoms with Crippen molar-refractivity contribution in [3.63, 3.8) is 0 Å². The highest BCUT2D eigenvalue weighted by Gasteiger charge is 2.40. The lowest BCUT2D eigenvalue weighted by Gasteiger charge is -2.11. The lowest BCUT2D eigenvalue weighted by atomic mass is 10.2. The molecule has 1 amide bonds. The molecule has 0 aliphatic heterocycles. The van der Waals surface area contributed by atoms with E-state index in [9.17, 15) is 18.0 Å². The van der Waals surface area contributed by atoms with Gasteiger partial charge in [0.1, 0.15) is 5.69 Å². The number of amides is 1. The second kappa shape index (κ2) is 6.91. The number of aromatic nitrogens is 2. The zero-order valence-corrected chi connectivity index (χ0v) is 14.6. The molecule has 0 saturated heterocycles. The molecule has 2 heterocycles. The Bertz CT molecular complexity index is 970. The average Bonchev–Trinajstić information content (AvgIpc) is 3.02. The van der Waals surface area contributed by atoms with Crippen LogP contribution in [0.25, 0.3) is 5.65 Å². The van der Waals surface area contributed by atoms with Crippen LogP contribution in [0, 0.1) is 0 Å². The van der Waals surface area contributed by atoms with Gasteiger partial charge in [-0.25, -0.2) is 4.98 Å². The van der Waals surface area contributed by atoms with Gasteiger partial charge in [0, 0.05) is 11.1 Å². The van der Waals surface area contributed by atoms with Gasteiger partial charge >= 0.3 is 6.18 Å². The van der Waals surface area contributed by atoms with Crippen molar-refractivity contribution in [1.82, 2.24) is 9.38 Å². The largest absolute Gasteiger partial charge is 0.493 e. The number of ether oxygens (including phenoxy) is 1. The predicted octanol–water partition coefficient (Wildman–Crippen LogP) is 4.34. The Morgan fingerprint density at radius 2 is 1.96 bits per heavy atom. The monoisotopic (exact) mass is 381 g/mol. The normalized spacial score (nSPS) is 11.6. The lowest BCUT2D eigenvalue weighted by Crippen LogP contribution is -2.20. The number of nitrogens with one attached hydrogen (secondary N) is 1. The first-order chi connectivity index (χ1) is 12.4. The predicted molar refractivity (Wildman–Crippen MR) is 92.9 cm³/mol. The second-order valence-corrected chi connectivity index (χ2v) is 6.08. The summed E-state index contributed by atoms with van der Waals surface area (Å²) in [4.78, 5) is 17.0. The molecule has 0 unspecified atom stereocenters. The van der Waals surface area contributed by atoms with E-state index < -0.39 is 23.5 Å². The van der Waals surface area contributed by atoms with E-state index in [1.807, 2.05) is 6.26 Å². The summed E-state index contributed by atoms with van der Waals surface area (Å²) in [5.74, 6) is -0.763. The molecule has 5 nitrogen and oxygen atoms in total. The number of carbonyl (C=O) groups is 1. The van der Waals surface area contributed by atoms with Crippen LogP contribution in [0.2, 0.25) is 0 Å². The number of benzene rings is 1. The van der Waals surface area contributed by atoms with Gasteiger partial charge in [-0.3, -0.25) is 9.20 Å². The standard InChI is InChI=1S/C17H14F3N3O2S/c1-25-11-7-5-9-23-13(14(17(18,19)20)22-15(11)23)16(24)21-10-6-3-4-8-12(10)26-2/h3-9H,1-2H3,(H,21,24). The van der Waals surface area contributed by atoms with Crippen LogP contribution in [0.15, 0.2) is 47.5 Å². The van der Waals surface area contributed by atoms with Crippen LogP contribution < -0.4 is 10.1 Å². The quantitative estimate of drug-likeness (QED) is 0.684. The Labute approximate surface area is 151 Å². The maximum Gasteiger partial charge on any atom is 0.435 e. The molecule has 0 atom stereocenters. The number of para-hydroxylation sites is 1. The van der Waals surface area contributed by atoms with Crippen molar-refractivity contribution in [3.8, 4) is 5.75 Å². The Morgan fingerprint density at radius 3 is 2.62 bits per heavy atom. The first kappa shape index (κ1) is 18.1. The van der Waals surface area contributed by atoms with Crippen LogP contribution in [0.5, 0.6) is 5.75 Å². The van der Waals surface area contributed by atoms with E-state index in [0.29, 0.717) is 5.69 Å². The highest BCUT2D eigenvalue weighted by molar-refractivity contribution is 7.98. The molecule has 0 bridgehead atoms. The van der Waals surface area contributed by atoms with E-state index in [4.69, 9.17) is 4.74 Å². The first-order valence-electron chi connectivity index (χ1n) is 7.43. The van der Waals surface area contributed by atoms with Gasteiger partial charge in [-0.2, -0.15) is 13.2 Å². The van der Waals surface area contributed by atoms with Crippen molar-refractivity contribution in [1.29, 1.82) is 0 Å². The van der Waals surface area contributed by atoms with E-state index >= 15 is 0 Å². The maximum atomic E-state index is 13.5. The summed E-state index contributed by atoms with van der Waals surface area (Å²) >= 11 is 1.37. The third-order valence-corrected chi connectivity index (χ3v) is 4.47. The van der Waals surface area contributed by atoms with Gasteiger partial charge in [-0.1, -0.05) is 12.1 Å². The van der Waals surface area contributed by atoms with Crippen molar-refractivity contribution in [3.05, 3.63) is 54.0 Å². The molecular weight excluding hydrogens is 367 g/mol. The van der Waals surface area contributed by atoms with Gasteiger partial charge in [0.25, 0.3) is 5.91 Å². The molecule has 3 aromatic rings. The fourth-order valence-corrected chi connectivity index (χ4v) is 3.10. The number of hydrogen-bond donors (Lipinski definition) is 1. The molecule has 9 heteroatoms. The molecule has 0 saturated carbocycles. The molecule has 1 aromatic carbocycles. The zero-order valence-electron chi connectivity index (χ0n) is 13.8. The van der Waals surface area contributed by atoms with Crippen molar-refractivity contribution >= 4 is 29.0 Å². The molecule has 0 aliphatic carbocycles. The minimum absolute atomic E-state index is 0.0781. The van der Waals surface area contributed by atoms with Crippen LogP contribution >= 0.6 is 11.8 Å². The first-order valence-corrected chi connectivity index (χ1v) is 8.66. The summed E-state index contributed by atoms with van der Waals surface area (Å²) < 4.78 is 46.5. The molecule has 0 radical (unpaired) electrons. The number of alkyl halides is 3. The summed E-state index contributed by atoms with van der Waals surface area (Å²) in [7, 11) is 1.33. The molecular formula is C17H14F3N3O2S. The van der Waals surface area contributed by atoms with Gasteiger partial charge in [0.2, 0.25) is 0 Å². The number of fused-ring (bicyclic) bond motifs is 1. The highest BCUT2D eigenvalue weighted by Crippen LogP contribution is 2.34. The summed E-state index contributed by atoms with van der Waals surface area (Å²) in [6.07, 6.45) is -1.64. The number of rotatable bonds is 4. The fraction of sp³-hybridized carbons (Fsp3) is 0.176. The topological polar surface area (TPSA) is 55.6 Å². The third-order valence-electron chi connectivity index (χ3n) is 3.67. The molecule has 1 N–H and O–H groups in total. The van der Waals surface area contributed by atoms with Crippen LogP contribution in [0.4, 0.5) is 18.9 Å². The van der Waals surface area contributed by atoms with Crippen molar-refractivity contribution in [2.24, 2.45) is 0 Å². The van der Waals surface area contributed by atoms with E-state index in [0.717, 1.165) is 9.30 Å². The van der Waals surface area contributed by atoms with Gasteiger partial charge in [-0.15, -0.1) is 11.8 Å². The number of methoxy groups -OCH3 is 1. The van der Waals surface area contributed by atoms with Crippen molar-refractivity contribution in [2.45, 2.75) is 11.1 Å². The van der Waals surface area contributed by atoms with Gasteiger partial charge < -0.3 is 10.1 Å². The van der Waals surface area contributed by atoms with Crippen LogP contribution in [0.3, 0.4) is 0 Å². The minimum atomic E-state index is -4.79. The van der Waals surface area contributed by atoms with Crippen molar-refractivity contribution in [2.75, 3.05) is 18.7 Å². The average molecular weight is 381 g/mol. The van der Waals surface area contributed by atoms with Crippen molar-refractivity contribution < 1.29 is 22.7 Å². The van der Waals surface area contributed by atoms with Crippen LogP contribution in [0.1, 0.15) is 16.2 Å². The molecule has 3 rings (SSSR count). The highest BCUT2D eigenvalue weighted by atomic mass is 32.2. The smallest absolute Gasteiger partial charge is 0.435 e. The molecule has 0 aliphatic rings. The number of halogens is 3. The second-order valence-electron chi connectivity index (χ2n) is 5.23. The Morgan fingerprint density at radius 1 is 1.23 bits per heavy atom. The lowest BCUT2D eigenvalue weighted by molar-refractivity contribution is -0.141. The summed E-state index contributed by atoms with van der Waals surface area (Å²) in [5.41, 5.74) is -1.51. The SMILES string of the molecule is COc1cccn2c(C(=O)Nc3ccccc3SC)c(C(F)(F)F)nc12. The Balaban J connectivity index is 2.15. The van der Waals surface area contributed by atoms with E-state index in [2.05, 4.69) is 10.3 Å². The fourth-order valence-electron chi connectivity index (χ4n) is 2.55. The molecule has 0 fully saturated rings. The van der Waals surface area contributed by atoms with Gasteiger partial charge in [0.05, 0.1) is 12.8 Å². The molecule has 2 aromatic heterocycles. The molecule has 26 heavy (non-hydrogen) atoms. The minimum Gasteiger partial charge on any atom is -0.493 e. The van der Waals surface area contributed by atoms with E-state index in [-0.39, 0.29) is 11.4 Å². The number of carbonyl (C=O) groups excluding carboxylic acids is 1.